The topological polar surface area (TPSA) is 52.9 Å². The fraction of sp³-hybridized carbons (Fsp3) is 0.565. The summed E-state index contributed by atoms with van der Waals surface area (Å²) in [5.41, 5.74) is 2.90. The van der Waals surface area contributed by atoms with E-state index in [1.807, 2.05) is 13.0 Å². The number of benzene rings is 1. The molecule has 4 rings (SSSR count). The Morgan fingerprint density at radius 3 is 2.67 bits per heavy atom. The molecule has 1 saturated carbocycles. The predicted molar refractivity (Wildman–Crippen MR) is 107 cm³/mol. The number of aromatic hydroxyl groups is 2. The zero-order chi connectivity index (χ0) is 19.2. The number of hydrogen-bond donors (Lipinski definition) is 2. The van der Waals surface area contributed by atoms with Gasteiger partial charge in [-0.05, 0) is 68.9 Å². The summed E-state index contributed by atoms with van der Waals surface area (Å²) in [5, 5.41) is 21.0. The molecule has 2 fully saturated rings. The molecule has 2 unspecified atom stereocenters. The molecule has 27 heavy (non-hydrogen) atoms. The number of ether oxygens (including phenoxy) is 1. The van der Waals surface area contributed by atoms with E-state index in [0.29, 0.717) is 6.04 Å². The largest absolute Gasteiger partial charge is 0.504 e. The smallest absolute Gasteiger partial charge is 0.161 e. The second-order valence-electron chi connectivity index (χ2n) is 8.56. The van der Waals surface area contributed by atoms with E-state index in [2.05, 4.69) is 24.0 Å². The Bertz CT molecular complexity index is 793. The minimum absolute atomic E-state index is 0.0258. The predicted octanol–water partition coefficient (Wildman–Crippen LogP) is 4.40. The van der Waals surface area contributed by atoms with Gasteiger partial charge in [0.05, 0.1) is 12.9 Å². The van der Waals surface area contributed by atoms with Crippen molar-refractivity contribution in [2.75, 3.05) is 20.2 Å². The minimum atomic E-state index is -0.317. The van der Waals surface area contributed by atoms with Crippen molar-refractivity contribution in [1.29, 1.82) is 0 Å². The van der Waals surface area contributed by atoms with E-state index in [1.165, 1.54) is 31.4 Å². The van der Waals surface area contributed by atoms with Crippen LogP contribution in [0.2, 0.25) is 0 Å². The highest BCUT2D eigenvalue weighted by Gasteiger charge is 2.48. The highest BCUT2D eigenvalue weighted by molar-refractivity contribution is 5.58. The molecule has 2 aliphatic carbocycles. The molecular weight excluding hydrogens is 338 g/mol. The zero-order valence-electron chi connectivity index (χ0n) is 16.7. The van der Waals surface area contributed by atoms with Gasteiger partial charge >= 0.3 is 0 Å². The molecule has 146 valence electrons. The van der Waals surface area contributed by atoms with E-state index < -0.39 is 0 Å². The number of hydrogen-bond acceptors (Lipinski definition) is 4. The van der Waals surface area contributed by atoms with Crippen molar-refractivity contribution in [3.05, 3.63) is 46.7 Å². The Labute approximate surface area is 162 Å². The second kappa shape index (κ2) is 6.90. The average molecular weight is 370 g/mol. The Balaban J connectivity index is 1.77. The molecule has 1 heterocycles. The molecule has 0 amide bonds. The number of phenols is 2. The molecule has 1 aliphatic heterocycles. The summed E-state index contributed by atoms with van der Waals surface area (Å²) in [6.45, 7) is 6.48. The van der Waals surface area contributed by atoms with Crippen molar-refractivity contribution in [1.82, 2.24) is 4.90 Å². The Kier molecular flexibility index (Phi) is 4.71. The summed E-state index contributed by atoms with van der Waals surface area (Å²) < 4.78 is 5.61. The van der Waals surface area contributed by atoms with Crippen LogP contribution in [0, 0.1) is 12.8 Å². The van der Waals surface area contributed by atoms with Crippen LogP contribution in [0.3, 0.4) is 0 Å². The maximum Gasteiger partial charge on any atom is 0.161 e. The third kappa shape index (κ3) is 2.94. The van der Waals surface area contributed by atoms with E-state index in [4.69, 9.17) is 4.74 Å². The normalized spacial score (nSPS) is 28.8. The molecule has 2 N–H and O–H groups in total. The molecule has 1 aromatic rings. The first-order chi connectivity index (χ1) is 13.0. The van der Waals surface area contributed by atoms with Crippen molar-refractivity contribution in [3.8, 4) is 11.5 Å². The molecule has 1 saturated heterocycles. The summed E-state index contributed by atoms with van der Waals surface area (Å²) in [7, 11) is 1.71. The molecule has 0 bridgehead atoms. The summed E-state index contributed by atoms with van der Waals surface area (Å²) in [5.74, 6) is 1.76. The number of allylic oxidation sites excluding steroid dienone is 3. The van der Waals surface area contributed by atoms with Crippen LogP contribution in [0.1, 0.15) is 50.2 Å². The van der Waals surface area contributed by atoms with Crippen LogP contribution in [0.5, 0.6) is 11.5 Å². The van der Waals surface area contributed by atoms with Crippen LogP contribution in [0.4, 0.5) is 0 Å². The van der Waals surface area contributed by atoms with E-state index in [0.717, 1.165) is 42.2 Å². The van der Waals surface area contributed by atoms with E-state index >= 15 is 0 Å². The number of phenolic OH excluding ortho intramolecular Hbond substituents is 2. The van der Waals surface area contributed by atoms with Gasteiger partial charge in [-0.15, -0.1) is 0 Å². The summed E-state index contributed by atoms with van der Waals surface area (Å²) in [6.07, 6.45) is 10.0. The average Bonchev–Trinajstić information content (AvgIpc) is 2.62. The van der Waals surface area contributed by atoms with Crippen molar-refractivity contribution in [2.24, 2.45) is 5.92 Å². The standard InChI is InChI=1S/C23H31NO3/c1-15-7-10-20(25)22(26)21(15)23-11-12-24(14-17-5-4-6-17)16(2)19(23)9-8-18(13-23)27-3/h7-10,16-17,25-26H,4-6,11-14H2,1-3H3. The Hall–Kier alpha value is -1.94. The van der Waals surface area contributed by atoms with Gasteiger partial charge in [0, 0.05) is 30.0 Å². The third-order valence-electron chi connectivity index (χ3n) is 7.12. The van der Waals surface area contributed by atoms with Gasteiger partial charge in [-0.2, -0.15) is 0 Å². The lowest BCUT2D eigenvalue weighted by Crippen LogP contribution is -2.52. The minimum Gasteiger partial charge on any atom is -0.504 e. The van der Waals surface area contributed by atoms with Gasteiger partial charge in [0.15, 0.2) is 11.5 Å². The van der Waals surface area contributed by atoms with Crippen LogP contribution in [0.25, 0.3) is 0 Å². The van der Waals surface area contributed by atoms with Gasteiger partial charge in [-0.1, -0.05) is 18.6 Å². The number of methoxy groups -OCH3 is 1. The monoisotopic (exact) mass is 369 g/mol. The highest BCUT2D eigenvalue weighted by Crippen LogP contribution is 2.54. The molecule has 0 spiro atoms. The number of aryl methyl sites for hydroxylation is 1. The van der Waals surface area contributed by atoms with Gasteiger partial charge in [-0.3, -0.25) is 4.90 Å². The van der Waals surface area contributed by atoms with Crippen molar-refractivity contribution < 1.29 is 14.9 Å². The summed E-state index contributed by atoms with van der Waals surface area (Å²) in [4.78, 5) is 2.61. The zero-order valence-corrected chi connectivity index (χ0v) is 16.7. The van der Waals surface area contributed by atoms with Gasteiger partial charge in [0.25, 0.3) is 0 Å². The molecule has 1 aromatic carbocycles. The molecule has 4 heteroatoms. The number of fused-ring (bicyclic) bond motifs is 1. The lowest BCUT2D eigenvalue weighted by atomic mass is 9.61. The Morgan fingerprint density at radius 1 is 1.22 bits per heavy atom. The number of nitrogens with zero attached hydrogens (tertiary/aromatic N) is 1. The van der Waals surface area contributed by atoms with Crippen LogP contribution in [0.15, 0.2) is 35.6 Å². The maximum atomic E-state index is 10.8. The lowest BCUT2D eigenvalue weighted by Gasteiger charge is -2.51. The van der Waals surface area contributed by atoms with E-state index in [-0.39, 0.29) is 16.9 Å². The van der Waals surface area contributed by atoms with Gasteiger partial charge in [0.1, 0.15) is 0 Å². The molecule has 2 atom stereocenters. The molecule has 3 aliphatic rings. The van der Waals surface area contributed by atoms with E-state index in [1.54, 1.807) is 13.2 Å². The first kappa shape index (κ1) is 18.4. The van der Waals surface area contributed by atoms with E-state index in [9.17, 15) is 10.2 Å². The molecular formula is C23H31NO3. The second-order valence-corrected chi connectivity index (χ2v) is 8.56. The SMILES string of the molecule is COC1=CC=C2C(C)N(CC3CCC3)CCC2(c2c(C)ccc(O)c2O)C1. The van der Waals surface area contributed by atoms with Crippen LogP contribution in [-0.2, 0) is 10.2 Å². The fourth-order valence-electron chi connectivity index (χ4n) is 5.34. The highest BCUT2D eigenvalue weighted by atomic mass is 16.5. The lowest BCUT2D eigenvalue weighted by molar-refractivity contribution is 0.103. The Morgan fingerprint density at radius 2 is 2.00 bits per heavy atom. The maximum absolute atomic E-state index is 10.8. The number of piperidine rings is 1. The van der Waals surface area contributed by atoms with Crippen LogP contribution >= 0.6 is 0 Å². The van der Waals surface area contributed by atoms with Crippen molar-refractivity contribution in [3.63, 3.8) is 0 Å². The third-order valence-corrected chi connectivity index (χ3v) is 7.12. The molecule has 4 nitrogen and oxygen atoms in total. The van der Waals surface area contributed by atoms with Crippen LogP contribution in [-0.4, -0.2) is 41.4 Å². The summed E-state index contributed by atoms with van der Waals surface area (Å²) in [6, 6.07) is 3.81. The van der Waals surface area contributed by atoms with Gasteiger partial charge < -0.3 is 14.9 Å². The van der Waals surface area contributed by atoms with Crippen LogP contribution < -0.4 is 0 Å². The first-order valence-electron chi connectivity index (χ1n) is 10.2. The summed E-state index contributed by atoms with van der Waals surface area (Å²) >= 11 is 0. The quantitative estimate of drug-likeness (QED) is 0.773. The van der Waals surface area contributed by atoms with Crippen molar-refractivity contribution in [2.45, 2.75) is 57.4 Å². The molecule has 0 aromatic heterocycles. The van der Waals surface area contributed by atoms with Gasteiger partial charge in [0.2, 0.25) is 0 Å². The molecule has 0 radical (unpaired) electrons. The number of likely N-dealkylation sites (tertiary alicyclic amines) is 1. The van der Waals surface area contributed by atoms with Gasteiger partial charge in [-0.25, -0.2) is 0 Å². The number of rotatable bonds is 4. The fourth-order valence-corrected chi connectivity index (χ4v) is 5.34. The first-order valence-corrected chi connectivity index (χ1v) is 10.2. The van der Waals surface area contributed by atoms with Crippen molar-refractivity contribution >= 4 is 0 Å².